The molecule has 0 radical (unpaired) electrons. The van der Waals surface area contributed by atoms with E-state index in [4.69, 9.17) is 4.74 Å². The summed E-state index contributed by atoms with van der Waals surface area (Å²) in [6.07, 6.45) is 2.13. The first-order valence-corrected chi connectivity index (χ1v) is 8.58. The third-order valence-corrected chi connectivity index (χ3v) is 4.71. The molecule has 0 spiro atoms. The Hall–Kier alpha value is -0.460. The first-order chi connectivity index (χ1) is 9.49. The van der Waals surface area contributed by atoms with Gasteiger partial charge in [-0.15, -0.1) is 0 Å². The highest BCUT2D eigenvalue weighted by atomic mass is 32.2. The van der Waals surface area contributed by atoms with Crippen molar-refractivity contribution in [3.8, 4) is 0 Å². The van der Waals surface area contributed by atoms with Gasteiger partial charge in [0.15, 0.2) is 5.96 Å². The van der Waals surface area contributed by atoms with E-state index in [9.17, 15) is 0 Å². The largest absolute Gasteiger partial charge is 0.379 e. The van der Waals surface area contributed by atoms with Crippen molar-refractivity contribution in [3.05, 3.63) is 0 Å². The summed E-state index contributed by atoms with van der Waals surface area (Å²) in [4.78, 5) is 6.76. The van der Waals surface area contributed by atoms with Crippen LogP contribution in [0.15, 0.2) is 4.99 Å². The standard InChI is InChI=1S/C14H30N4OS/c1-12(20-5)10-16-13(15-4)17-11-14(2,3)18-6-8-19-9-7-18/h12H,6-11H2,1-5H3,(H2,15,16,17). The van der Waals surface area contributed by atoms with Crippen molar-refractivity contribution in [2.24, 2.45) is 4.99 Å². The molecule has 0 aromatic rings. The van der Waals surface area contributed by atoms with Crippen LogP contribution in [0.2, 0.25) is 0 Å². The Bertz CT molecular complexity index is 304. The average molecular weight is 302 g/mol. The van der Waals surface area contributed by atoms with Gasteiger partial charge in [0.1, 0.15) is 0 Å². The second-order valence-corrected chi connectivity index (χ2v) is 7.04. The molecule has 2 N–H and O–H groups in total. The lowest BCUT2D eigenvalue weighted by molar-refractivity contribution is -0.00833. The predicted molar refractivity (Wildman–Crippen MR) is 88.8 cm³/mol. The number of thioether (sulfide) groups is 1. The van der Waals surface area contributed by atoms with E-state index in [2.05, 4.69) is 47.6 Å². The minimum Gasteiger partial charge on any atom is -0.379 e. The van der Waals surface area contributed by atoms with Gasteiger partial charge >= 0.3 is 0 Å². The van der Waals surface area contributed by atoms with Gasteiger partial charge in [-0.25, -0.2) is 0 Å². The third-order valence-electron chi connectivity index (χ3n) is 3.74. The monoisotopic (exact) mass is 302 g/mol. The molecule has 1 fully saturated rings. The second kappa shape index (κ2) is 8.74. The van der Waals surface area contributed by atoms with Gasteiger partial charge in [-0.2, -0.15) is 11.8 Å². The molecule has 0 aromatic heterocycles. The molecule has 20 heavy (non-hydrogen) atoms. The minimum absolute atomic E-state index is 0.104. The average Bonchev–Trinajstić information content (AvgIpc) is 2.48. The van der Waals surface area contributed by atoms with E-state index in [0.29, 0.717) is 5.25 Å². The maximum Gasteiger partial charge on any atom is 0.191 e. The molecular weight excluding hydrogens is 272 g/mol. The van der Waals surface area contributed by atoms with E-state index in [0.717, 1.165) is 45.4 Å². The molecule has 1 rings (SSSR count). The molecule has 0 amide bonds. The number of aliphatic imine (C=N–C) groups is 1. The van der Waals surface area contributed by atoms with Crippen molar-refractivity contribution >= 4 is 17.7 Å². The fraction of sp³-hybridized carbons (Fsp3) is 0.929. The Morgan fingerprint density at radius 2 is 2.00 bits per heavy atom. The lowest BCUT2D eigenvalue weighted by Gasteiger charge is -2.41. The highest BCUT2D eigenvalue weighted by Crippen LogP contribution is 2.14. The van der Waals surface area contributed by atoms with Crippen LogP contribution >= 0.6 is 11.8 Å². The summed E-state index contributed by atoms with van der Waals surface area (Å²) in [5.41, 5.74) is 0.104. The van der Waals surface area contributed by atoms with Gasteiger partial charge in [0.2, 0.25) is 0 Å². The van der Waals surface area contributed by atoms with E-state index in [1.54, 1.807) is 0 Å². The van der Waals surface area contributed by atoms with Crippen molar-refractivity contribution in [1.82, 2.24) is 15.5 Å². The zero-order chi connectivity index (χ0) is 15.0. The maximum absolute atomic E-state index is 5.42. The van der Waals surface area contributed by atoms with Gasteiger partial charge < -0.3 is 15.4 Å². The fourth-order valence-corrected chi connectivity index (χ4v) is 2.37. The van der Waals surface area contributed by atoms with Crippen molar-refractivity contribution < 1.29 is 4.74 Å². The van der Waals surface area contributed by atoms with Crippen LogP contribution in [0.3, 0.4) is 0 Å². The number of rotatable bonds is 6. The van der Waals surface area contributed by atoms with Crippen LogP contribution in [0.1, 0.15) is 20.8 Å². The Kier molecular flexibility index (Phi) is 7.69. The topological polar surface area (TPSA) is 48.9 Å². The van der Waals surface area contributed by atoms with Crippen LogP contribution in [0.25, 0.3) is 0 Å². The van der Waals surface area contributed by atoms with Crippen LogP contribution in [0.4, 0.5) is 0 Å². The SMILES string of the molecule is CN=C(NCC(C)SC)NCC(C)(C)N1CCOCC1. The van der Waals surface area contributed by atoms with Gasteiger partial charge in [-0.3, -0.25) is 9.89 Å². The Balaban J connectivity index is 2.38. The van der Waals surface area contributed by atoms with Crippen LogP contribution in [0, 0.1) is 0 Å². The Labute approximate surface area is 127 Å². The molecule has 0 bridgehead atoms. The normalized spacial score (nSPS) is 19.8. The molecule has 1 unspecified atom stereocenters. The molecule has 0 aliphatic carbocycles. The number of hydrogen-bond donors (Lipinski definition) is 2. The van der Waals surface area contributed by atoms with Crippen LogP contribution in [-0.2, 0) is 4.74 Å². The molecular formula is C14H30N4OS. The lowest BCUT2D eigenvalue weighted by Crippen LogP contribution is -2.56. The van der Waals surface area contributed by atoms with Gasteiger partial charge in [-0.05, 0) is 20.1 Å². The summed E-state index contributed by atoms with van der Waals surface area (Å²) in [5.74, 6) is 0.882. The summed E-state index contributed by atoms with van der Waals surface area (Å²) in [5, 5.41) is 7.39. The molecule has 5 nitrogen and oxygen atoms in total. The van der Waals surface area contributed by atoms with Gasteiger partial charge in [0.25, 0.3) is 0 Å². The number of morpholine rings is 1. The number of hydrogen-bond acceptors (Lipinski definition) is 4. The molecule has 1 aliphatic heterocycles. The predicted octanol–water partition coefficient (Wildman–Crippen LogP) is 1.01. The molecule has 0 aromatic carbocycles. The maximum atomic E-state index is 5.42. The van der Waals surface area contributed by atoms with Gasteiger partial charge in [-0.1, -0.05) is 6.92 Å². The summed E-state index contributed by atoms with van der Waals surface area (Å²) in [7, 11) is 1.82. The van der Waals surface area contributed by atoms with Gasteiger partial charge in [0.05, 0.1) is 13.2 Å². The number of nitrogens with one attached hydrogen (secondary N) is 2. The molecule has 1 aliphatic rings. The molecule has 1 atom stereocenters. The lowest BCUT2D eigenvalue weighted by atomic mass is 10.0. The van der Waals surface area contributed by atoms with Crippen molar-refractivity contribution in [2.75, 3.05) is 52.7 Å². The van der Waals surface area contributed by atoms with Gasteiger partial charge in [0, 0.05) is 44.0 Å². The number of ether oxygens (including phenoxy) is 1. The summed E-state index contributed by atoms with van der Waals surface area (Å²) in [6, 6.07) is 0. The Morgan fingerprint density at radius 3 is 2.55 bits per heavy atom. The van der Waals surface area contributed by atoms with E-state index in [1.807, 2.05) is 18.8 Å². The first-order valence-electron chi connectivity index (χ1n) is 7.29. The summed E-state index contributed by atoms with van der Waals surface area (Å²) < 4.78 is 5.42. The molecule has 1 heterocycles. The van der Waals surface area contributed by atoms with Crippen LogP contribution < -0.4 is 10.6 Å². The van der Waals surface area contributed by atoms with E-state index >= 15 is 0 Å². The van der Waals surface area contributed by atoms with Crippen molar-refractivity contribution in [3.63, 3.8) is 0 Å². The fourth-order valence-electron chi connectivity index (χ4n) is 2.12. The van der Waals surface area contributed by atoms with Crippen molar-refractivity contribution in [1.29, 1.82) is 0 Å². The molecule has 0 saturated carbocycles. The second-order valence-electron chi connectivity index (χ2n) is 5.76. The van der Waals surface area contributed by atoms with E-state index in [-0.39, 0.29) is 5.54 Å². The first kappa shape index (κ1) is 17.6. The molecule has 6 heteroatoms. The quantitative estimate of drug-likeness (QED) is 0.566. The summed E-state index contributed by atoms with van der Waals surface area (Å²) in [6.45, 7) is 12.2. The highest BCUT2D eigenvalue weighted by molar-refractivity contribution is 7.99. The third kappa shape index (κ3) is 5.89. The summed E-state index contributed by atoms with van der Waals surface area (Å²) >= 11 is 1.86. The number of guanidine groups is 1. The molecule has 118 valence electrons. The Morgan fingerprint density at radius 1 is 1.35 bits per heavy atom. The zero-order valence-corrected chi connectivity index (χ0v) is 14.3. The smallest absolute Gasteiger partial charge is 0.191 e. The van der Waals surface area contributed by atoms with Crippen LogP contribution in [0.5, 0.6) is 0 Å². The zero-order valence-electron chi connectivity index (χ0n) is 13.5. The highest BCUT2D eigenvalue weighted by Gasteiger charge is 2.28. The molecule has 1 saturated heterocycles. The minimum atomic E-state index is 0.104. The van der Waals surface area contributed by atoms with E-state index in [1.165, 1.54) is 0 Å². The van der Waals surface area contributed by atoms with Crippen LogP contribution in [-0.4, -0.2) is 74.3 Å². The van der Waals surface area contributed by atoms with E-state index < -0.39 is 0 Å². The van der Waals surface area contributed by atoms with Crippen molar-refractivity contribution in [2.45, 2.75) is 31.6 Å². The number of nitrogens with zero attached hydrogens (tertiary/aromatic N) is 2.